The Hall–Kier alpha value is 0. The first-order valence-corrected chi connectivity index (χ1v) is 8.73. The molecule has 0 amide bonds. The Morgan fingerprint density at radius 1 is 0.444 bits per heavy atom. The summed E-state index contributed by atoms with van der Waals surface area (Å²) in [7, 11) is 0. The normalized spacial score (nSPS) is 11.0. The molecule has 0 nitrogen and oxygen atoms in total. The summed E-state index contributed by atoms with van der Waals surface area (Å²) in [5.74, 6) is 0. The lowest BCUT2D eigenvalue weighted by molar-refractivity contribution is 0.542. The number of unbranched alkanes of at least 4 members (excludes halogenated alkanes) is 15. The van der Waals surface area contributed by atoms with Crippen LogP contribution in [0.15, 0.2) is 0 Å². The van der Waals surface area contributed by atoms with Gasteiger partial charge in [-0.05, 0) is 6.42 Å². The molecule has 0 bridgehead atoms. The molecule has 0 atom stereocenters. The summed E-state index contributed by atoms with van der Waals surface area (Å²) in [6.07, 6.45) is 23.9. The van der Waals surface area contributed by atoms with E-state index in [1.165, 1.54) is 96.3 Å². The van der Waals surface area contributed by atoms with E-state index in [1.54, 1.807) is 0 Å². The van der Waals surface area contributed by atoms with Crippen molar-refractivity contribution < 1.29 is 0 Å². The molecule has 0 heterocycles. The van der Waals surface area contributed by atoms with Gasteiger partial charge in [-0.1, -0.05) is 110 Å². The lowest BCUT2D eigenvalue weighted by Gasteiger charge is -2.02. The average Bonchev–Trinajstić information content (AvgIpc) is 2.39. The quantitative estimate of drug-likeness (QED) is 0.273. The van der Waals surface area contributed by atoms with E-state index in [1.807, 2.05) is 0 Å². The Bertz CT molecular complexity index is 112. The van der Waals surface area contributed by atoms with Crippen LogP contribution in [0.2, 0.25) is 0 Å². The highest BCUT2D eigenvalue weighted by atomic mass is 14.0. The van der Waals surface area contributed by atoms with Gasteiger partial charge in [-0.2, -0.15) is 0 Å². The molecule has 0 aromatic heterocycles. The van der Waals surface area contributed by atoms with Gasteiger partial charge in [0, 0.05) is 0 Å². The number of rotatable bonds is 15. The van der Waals surface area contributed by atoms with Crippen molar-refractivity contribution in [3.63, 3.8) is 0 Å². The summed E-state index contributed by atoms with van der Waals surface area (Å²) in [6.45, 7) is 4.55. The summed E-state index contributed by atoms with van der Waals surface area (Å²) in [5.41, 5.74) is 0. The van der Waals surface area contributed by atoms with Crippen LogP contribution in [0.5, 0.6) is 0 Å². The molecule has 0 fully saturated rings. The lowest BCUT2D eigenvalue weighted by Crippen LogP contribution is -1.83. The summed E-state index contributed by atoms with van der Waals surface area (Å²) in [6, 6.07) is 0. The molecule has 0 aliphatic rings. The summed E-state index contributed by atoms with van der Waals surface area (Å²) in [4.78, 5) is 0. The molecule has 0 heteroatoms. The molecule has 0 rings (SSSR count). The van der Waals surface area contributed by atoms with E-state index in [9.17, 15) is 0 Å². The van der Waals surface area contributed by atoms with Crippen molar-refractivity contribution in [3.8, 4) is 0 Å². The van der Waals surface area contributed by atoms with Gasteiger partial charge in [0.15, 0.2) is 0 Å². The second-order valence-electron chi connectivity index (χ2n) is 5.76. The minimum atomic E-state index is 1.32. The first kappa shape index (κ1) is 18.0. The van der Waals surface area contributed by atoms with Gasteiger partial charge in [-0.15, -0.1) is 0 Å². The Labute approximate surface area is 117 Å². The van der Waals surface area contributed by atoms with Crippen LogP contribution < -0.4 is 0 Å². The zero-order valence-electron chi connectivity index (χ0n) is 13.2. The number of hydrogen-bond acceptors (Lipinski definition) is 0. The van der Waals surface area contributed by atoms with E-state index in [0.29, 0.717) is 0 Å². The van der Waals surface area contributed by atoms with Crippen molar-refractivity contribution >= 4 is 0 Å². The van der Waals surface area contributed by atoms with Gasteiger partial charge in [-0.3, -0.25) is 0 Å². The maximum atomic E-state index is 2.47. The summed E-state index contributed by atoms with van der Waals surface area (Å²) in [5, 5.41) is 0. The van der Waals surface area contributed by atoms with Gasteiger partial charge in [0.05, 0.1) is 0 Å². The van der Waals surface area contributed by atoms with Crippen molar-refractivity contribution in [2.75, 3.05) is 0 Å². The molecule has 0 aliphatic heterocycles. The molecular formula is C18H37. The smallest absolute Gasteiger partial charge is 0.0386 e. The van der Waals surface area contributed by atoms with Crippen LogP contribution in [0.1, 0.15) is 110 Å². The van der Waals surface area contributed by atoms with Gasteiger partial charge in [-0.25, -0.2) is 0 Å². The van der Waals surface area contributed by atoms with Gasteiger partial charge in [0.25, 0.3) is 0 Å². The van der Waals surface area contributed by atoms with Gasteiger partial charge >= 0.3 is 0 Å². The van der Waals surface area contributed by atoms with E-state index in [4.69, 9.17) is 0 Å². The van der Waals surface area contributed by atoms with Crippen LogP contribution in [-0.4, -0.2) is 0 Å². The largest absolute Gasteiger partial charge is 0.0654 e. The first-order valence-electron chi connectivity index (χ1n) is 8.73. The fraction of sp³-hybridized carbons (Fsp3) is 0.944. The van der Waals surface area contributed by atoms with Crippen molar-refractivity contribution in [2.24, 2.45) is 0 Å². The zero-order chi connectivity index (χ0) is 13.3. The fourth-order valence-electron chi connectivity index (χ4n) is 2.48. The SMILES string of the molecule is CCC[CH]CCCCCCCCCCCCCC. The van der Waals surface area contributed by atoms with E-state index in [0.717, 1.165) is 0 Å². The van der Waals surface area contributed by atoms with Crippen molar-refractivity contribution in [3.05, 3.63) is 6.42 Å². The molecular weight excluding hydrogens is 216 g/mol. The van der Waals surface area contributed by atoms with Crippen LogP contribution in [0, 0.1) is 6.42 Å². The maximum absolute atomic E-state index is 2.47. The van der Waals surface area contributed by atoms with Gasteiger partial charge in [0.1, 0.15) is 0 Å². The third-order valence-corrected chi connectivity index (χ3v) is 3.75. The molecule has 0 aromatic rings. The molecule has 18 heavy (non-hydrogen) atoms. The first-order chi connectivity index (χ1) is 8.91. The minimum Gasteiger partial charge on any atom is -0.0654 e. The fourth-order valence-corrected chi connectivity index (χ4v) is 2.48. The molecule has 1 radical (unpaired) electrons. The molecule has 0 N–H and O–H groups in total. The zero-order valence-corrected chi connectivity index (χ0v) is 13.2. The molecule has 0 saturated carbocycles. The predicted octanol–water partition coefficient (Wildman–Crippen LogP) is 7.08. The predicted molar refractivity (Wildman–Crippen MR) is 84.9 cm³/mol. The third-order valence-electron chi connectivity index (χ3n) is 3.75. The highest BCUT2D eigenvalue weighted by Gasteiger charge is 1.93. The minimum absolute atomic E-state index is 1.32. The van der Waals surface area contributed by atoms with Crippen molar-refractivity contribution in [2.45, 2.75) is 110 Å². The molecule has 0 aromatic carbocycles. The van der Waals surface area contributed by atoms with E-state index < -0.39 is 0 Å². The highest BCUT2D eigenvalue weighted by Crippen LogP contribution is 2.13. The topological polar surface area (TPSA) is 0 Å². The summed E-state index contributed by atoms with van der Waals surface area (Å²) < 4.78 is 0. The van der Waals surface area contributed by atoms with Crippen LogP contribution in [0.25, 0.3) is 0 Å². The maximum Gasteiger partial charge on any atom is -0.0386 e. The third kappa shape index (κ3) is 16.0. The van der Waals surface area contributed by atoms with Gasteiger partial charge in [0.2, 0.25) is 0 Å². The van der Waals surface area contributed by atoms with Crippen LogP contribution in [-0.2, 0) is 0 Å². The second-order valence-corrected chi connectivity index (χ2v) is 5.76. The van der Waals surface area contributed by atoms with E-state index in [-0.39, 0.29) is 0 Å². The molecule has 0 aliphatic carbocycles. The van der Waals surface area contributed by atoms with Gasteiger partial charge < -0.3 is 0 Å². The van der Waals surface area contributed by atoms with E-state index in [2.05, 4.69) is 20.3 Å². The summed E-state index contributed by atoms with van der Waals surface area (Å²) >= 11 is 0. The van der Waals surface area contributed by atoms with Crippen LogP contribution in [0.3, 0.4) is 0 Å². The van der Waals surface area contributed by atoms with Crippen LogP contribution >= 0.6 is 0 Å². The standard InChI is InChI=1S/C18H37/c1-3-5-7-9-11-13-15-17-18-16-14-12-10-8-6-4-2/h7H,3-6,8-18H2,1-2H3. The van der Waals surface area contributed by atoms with E-state index >= 15 is 0 Å². The average molecular weight is 253 g/mol. The van der Waals surface area contributed by atoms with Crippen molar-refractivity contribution in [1.29, 1.82) is 0 Å². The Balaban J connectivity index is 2.86. The highest BCUT2D eigenvalue weighted by molar-refractivity contribution is 4.62. The molecule has 0 unspecified atom stereocenters. The monoisotopic (exact) mass is 253 g/mol. The Kier molecular flexibility index (Phi) is 17.0. The van der Waals surface area contributed by atoms with Crippen molar-refractivity contribution in [1.82, 2.24) is 0 Å². The lowest BCUT2D eigenvalue weighted by atomic mass is 10.0. The molecule has 109 valence electrons. The Morgan fingerprint density at radius 2 is 0.889 bits per heavy atom. The number of hydrogen-bond donors (Lipinski definition) is 0. The van der Waals surface area contributed by atoms with Crippen LogP contribution in [0.4, 0.5) is 0 Å². The molecule has 0 spiro atoms. The second kappa shape index (κ2) is 17.0. The Morgan fingerprint density at radius 3 is 1.33 bits per heavy atom. The molecule has 0 saturated heterocycles.